The second-order valence-corrected chi connectivity index (χ2v) is 6.13. The van der Waals surface area contributed by atoms with E-state index in [0.717, 1.165) is 0 Å². The van der Waals surface area contributed by atoms with Crippen LogP contribution >= 0.6 is 15.9 Å². The van der Waals surface area contributed by atoms with E-state index in [2.05, 4.69) is 21.2 Å². The van der Waals surface area contributed by atoms with Gasteiger partial charge in [0, 0.05) is 6.42 Å². The average Bonchev–Trinajstić information content (AvgIpc) is 2.30. The lowest BCUT2D eigenvalue weighted by Crippen LogP contribution is -2.35. The van der Waals surface area contributed by atoms with Crippen LogP contribution in [0.3, 0.4) is 0 Å². The molecular formula is C14H17BrFNO3. The minimum Gasteiger partial charge on any atom is -0.444 e. The second-order valence-electron chi connectivity index (χ2n) is 5.27. The van der Waals surface area contributed by atoms with Crippen LogP contribution in [0.4, 0.5) is 9.18 Å². The van der Waals surface area contributed by atoms with Crippen molar-refractivity contribution in [1.82, 2.24) is 5.32 Å². The van der Waals surface area contributed by atoms with Crippen LogP contribution in [0, 0.1) is 5.82 Å². The van der Waals surface area contributed by atoms with Gasteiger partial charge in [0.25, 0.3) is 0 Å². The Morgan fingerprint density at radius 3 is 2.65 bits per heavy atom. The molecule has 0 bridgehead atoms. The number of alkyl carbamates (subject to hydrolysis) is 1. The summed E-state index contributed by atoms with van der Waals surface area (Å²) < 4.78 is 19.0. The van der Waals surface area contributed by atoms with Crippen LogP contribution in [-0.2, 0) is 9.53 Å². The lowest BCUT2D eigenvalue weighted by Gasteiger charge is -2.23. The maximum absolute atomic E-state index is 13.5. The number of ether oxygens (including phenoxy) is 1. The number of hydrogen-bond acceptors (Lipinski definition) is 3. The molecule has 1 aromatic rings. The van der Waals surface area contributed by atoms with Crippen molar-refractivity contribution in [3.8, 4) is 0 Å². The number of halogens is 2. The van der Waals surface area contributed by atoms with Gasteiger partial charge in [0.15, 0.2) is 0 Å². The van der Waals surface area contributed by atoms with Crippen molar-refractivity contribution in [3.05, 3.63) is 34.1 Å². The van der Waals surface area contributed by atoms with Crippen molar-refractivity contribution in [2.75, 3.05) is 0 Å². The molecule has 0 aliphatic carbocycles. The molecule has 0 aromatic heterocycles. The molecule has 0 aliphatic heterocycles. The van der Waals surface area contributed by atoms with Crippen LogP contribution in [0.5, 0.6) is 0 Å². The van der Waals surface area contributed by atoms with E-state index in [1.54, 1.807) is 26.8 Å². The molecule has 1 amide bonds. The highest BCUT2D eigenvalue weighted by Gasteiger charge is 2.21. The van der Waals surface area contributed by atoms with Gasteiger partial charge in [-0.15, -0.1) is 0 Å². The Balaban J connectivity index is 2.85. The van der Waals surface area contributed by atoms with E-state index in [4.69, 9.17) is 4.74 Å². The Morgan fingerprint density at radius 1 is 1.50 bits per heavy atom. The molecule has 1 aromatic carbocycles. The Labute approximate surface area is 125 Å². The Bertz CT molecular complexity index is 500. The fraction of sp³-hybridized carbons (Fsp3) is 0.429. The molecule has 0 saturated heterocycles. The number of hydrogen-bond donors (Lipinski definition) is 1. The van der Waals surface area contributed by atoms with Crippen molar-refractivity contribution >= 4 is 28.3 Å². The van der Waals surface area contributed by atoms with Gasteiger partial charge >= 0.3 is 6.09 Å². The molecule has 110 valence electrons. The van der Waals surface area contributed by atoms with Crippen LogP contribution in [0.2, 0.25) is 0 Å². The first-order valence-corrected chi connectivity index (χ1v) is 6.90. The topological polar surface area (TPSA) is 55.4 Å². The minimum atomic E-state index is -0.646. The zero-order chi connectivity index (χ0) is 15.3. The molecule has 4 nitrogen and oxygen atoms in total. The molecule has 0 saturated carbocycles. The predicted octanol–water partition coefficient (Wildman–Crippen LogP) is 3.74. The first-order chi connectivity index (χ1) is 9.23. The van der Waals surface area contributed by atoms with E-state index in [9.17, 15) is 14.0 Å². The van der Waals surface area contributed by atoms with Crippen molar-refractivity contribution in [1.29, 1.82) is 0 Å². The number of rotatable bonds is 4. The summed E-state index contributed by atoms with van der Waals surface area (Å²) in [4.78, 5) is 22.4. The normalized spacial score (nSPS) is 12.7. The van der Waals surface area contributed by atoms with Gasteiger partial charge < -0.3 is 14.8 Å². The van der Waals surface area contributed by atoms with E-state index >= 15 is 0 Å². The number of benzene rings is 1. The Kier molecular flexibility index (Phi) is 5.68. The molecule has 0 unspecified atom stereocenters. The van der Waals surface area contributed by atoms with Crippen LogP contribution < -0.4 is 5.32 Å². The molecule has 0 radical (unpaired) electrons. The molecule has 0 aliphatic rings. The summed E-state index contributed by atoms with van der Waals surface area (Å²) in [6.07, 6.45) is 0.0649. The zero-order valence-electron chi connectivity index (χ0n) is 11.6. The fourth-order valence-corrected chi connectivity index (χ4v) is 1.80. The molecule has 20 heavy (non-hydrogen) atoms. The highest BCUT2D eigenvalue weighted by molar-refractivity contribution is 9.10. The third kappa shape index (κ3) is 5.28. The van der Waals surface area contributed by atoms with Gasteiger partial charge in [0.2, 0.25) is 0 Å². The summed E-state index contributed by atoms with van der Waals surface area (Å²) in [5, 5.41) is 2.56. The third-order valence-corrected chi connectivity index (χ3v) is 3.01. The van der Waals surface area contributed by atoms with Gasteiger partial charge in [0.1, 0.15) is 17.7 Å². The lowest BCUT2D eigenvalue weighted by atomic mass is 10.0. The van der Waals surface area contributed by atoms with Gasteiger partial charge in [0.05, 0.1) is 10.5 Å². The van der Waals surface area contributed by atoms with Gasteiger partial charge in [-0.3, -0.25) is 0 Å². The predicted molar refractivity (Wildman–Crippen MR) is 76.9 cm³/mol. The van der Waals surface area contributed by atoms with Crippen LogP contribution in [0.1, 0.15) is 38.8 Å². The van der Waals surface area contributed by atoms with E-state index in [0.29, 0.717) is 16.3 Å². The van der Waals surface area contributed by atoms with Crippen LogP contribution in [0.15, 0.2) is 22.7 Å². The van der Waals surface area contributed by atoms with Gasteiger partial charge in [-0.25, -0.2) is 9.18 Å². The molecule has 0 heterocycles. The highest BCUT2D eigenvalue weighted by Crippen LogP contribution is 2.22. The number of carbonyl (C=O) groups excluding carboxylic acids is 2. The smallest absolute Gasteiger partial charge is 0.408 e. The molecule has 1 rings (SSSR count). The van der Waals surface area contributed by atoms with Crippen molar-refractivity contribution < 1.29 is 18.7 Å². The Hall–Kier alpha value is -1.43. The fourth-order valence-electron chi connectivity index (χ4n) is 1.55. The van der Waals surface area contributed by atoms with Crippen molar-refractivity contribution in [3.63, 3.8) is 0 Å². The van der Waals surface area contributed by atoms with Gasteiger partial charge in [-0.05, 0) is 54.4 Å². The largest absolute Gasteiger partial charge is 0.444 e. The quantitative estimate of drug-likeness (QED) is 0.845. The summed E-state index contributed by atoms with van der Waals surface area (Å²) in [5.41, 5.74) is -0.135. The molecule has 0 fully saturated rings. The molecular weight excluding hydrogens is 329 g/mol. The Morgan fingerprint density at radius 2 is 2.15 bits per heavy atom. The standard InChI is InChI=1S/C14H17BrFNO3/c1-14(2,3)20-13(19)17-12(6-7-18)9-4-5-10(15)11(16)8-9/h4-5,7-8,12H,6H2,1-3H3,(H,17,19)/t12-/m1/s1. The average molecular weight is 346 g/mol. The summed E-state index contributed by atoms with van der Waals surface area (Å²) in [6.45, 7) is 5.21. The maximum Gasteiger partial charge on any atom is 0.408 e. The monoisotopic (exact) mass is 345 g/mol. The first kappa shape index (κ1) is 16.6. The van der Waals surface area contributed by atoms with Crippen LogP contribution in [0.25, 0.3) is 0 Å². The van der Waals surface area contributed by atoms with E-state index in [-0.39, 0.29) is 6.42 Å². The molecule has 0 spiro atoms. The molecule has 6 heteroatoms. The lowest BCUT2D eigenvalue weighted by molar-refractivity contribution is -0.108. The van der Waals surface area contributed by atoms with Gasteiger partial charge in [-0.1, -0.05) is 6.07 Å². The molecule has 1 N–H and O–H groups in total. The number of amides is 1. The highest BCUT2D eigenvalue weighted by atomic mass is 79.9. The zero-order valence-corrected chi connectivity index (χ0v) is 13.2. The minimum absolute atomic E-state index is 0.0420. The molecule has 1 atom stereocenters. The van der Waals surface area contributed by atoms with E-state index in [1.807, 2.05) is 0 Å². The first-order valence-electron chi connectivity index (χ1n) is 6.11. The van der Waals surface area contributed by atoms with E-state index in [1.165, 1.54) is 12.1 Å². The van der Waals surface area contributed by atoms with Crippen LogP contribution in [-0.4, -0.2) is 18.0 Å². The summed E-state index contributed by atoms with van der Waals surface area (Å²) in [7, 11) is 0. The summed E-state index contributed by atoms with van der Waals surface area (Å²) in [5.74, 6) is -0.454. The summed E-state index contributed by atoms with van der Waals surface area (Å²) >= 11 is 3.05. The third-order valence-electron chi connectivity index (χ3n) is 2.37. The van der Waals surface area contributed by atoms with Gasteiger partial charge in [-0.2, -0.15) is 0 Å². The van der Waals surface area contributed by atoms with Crippen molar-refractivity contribution in [2.45, 2.75) is 38.8 Å². The number of aldehydes is 1. The second kappa shape index (κ2) is 6.83. The maximum atomic E-state index is 13.5. The number of carbonyl (C=O) groups is 2. The number of nitrogens with one attached hydrogen (secondary N) is 1. The summed E-state index contributed by atoms with van der Waals surface area (Å²) in [6, 6.07) is 3.82. The van der Waals surface area contributed by atoms with E-state index < -0.39 is 23.6 Å². The van der Waals surface area contributed by atoms with Crippen molar-refractivity contribution in [2.24, 2.45) is 0 Å². The SMILES string of the molecule is CC(C)(C)OC(=O)N[C@H](CC=O)c1ccc(Br)c(F)c1.